The second kappa shape index (κ2) is 3.34. The second-order valence-electron chi connectivity index (χ2n) is 4.70. The molecule has 0 spiro atoms. The predicted octanol–water partition coefficient (Wildman–Crippen LogP) is 3.42. The van der Waals surface area contributed by atoms with Crippen molar-refractivity contribution in [3.8, 4) is 0 Å². The van der Waals surface area contributed by atoms with E-state index in [2.05, 4.69) is 25.6 Å². The number of rotatable bonds is 2. The zero-order valence-corrected chi connectivity index (χ0v) is 9.34. The van der Waals surface area contributed by atoms with Crippen LogP contribution < -0.4 is 0 Å². The number of benzene rings is 1. The first-order valence-corrected chi connectivity index (χ1v) is 5.32. The van der Waals surface area contributed by atoms with E-state index in [0.717, 1.165) is 17.5 Å². The lowest BCUT2D eigenvalue weighted by molar-refractivity contribution is 0.0977. The van der Waals surface area contributed by atoms with E-state index >= 15 is 0 Å². The summed E-state index contributed by atoms with van der Waals surface area (Å²) in [5, 5.41) is 0. The van der Waals surface area contributed by atoms with Gasteiger partial charge in [0.1, 0.15) is 0 Å². The Morgan fingerprint density at radius 2 is 2.27 bits per heavy atom. The lowest BCUT2D eigenvalue weighted by atomic mass is 9.81. The third-order valence-electron chi connectivity index (χ3n) is 3.27. The average Bonchev–Trinajstić information content (AvgIpc) is 2.39. The van der Waals surface area contributed by atoms with Crippen LogP contribution in [0.15, 0.2) is 30.9 Å². The topological polar surface area (TPSA) is 17.1 Å². The van der Waals surface area contributed by atoms with E-state index < -0.39 is 0 Å². The molecule has 0 aromatic heterocycles. The molecule has 1 atom stereocenters. The summed E-state index contributed by atoms with van der Waals surface area (Å²) < 4.78 is 0. The zero-order chi connectivity index (χ0) is 11.1. The van der Waals surface area contributed by atoms with Gasteiger partial charge in [0.15, 0.2) is 5.78 Å². The van der Waals surface area contributed by atoms with Gasteiger partial charge in [-0.2, -0.15) is 0 Å². The van der Waals surface area contributed by atoms with Crippen molar-refractivity contribution in [2.75, 3.05) is 0 Å². The van der Waals surface area contributed by atoms with Crippen molar-refractivity contribution in [1.29, 1.82) is 0 Å². The molecule has 2 rings (SSSR count). The van der Waals surface area contributed by atoms with Crippen molar-refractivity contribution < 1.29 is 4.79 Å². The number of aryl methyl sites for hydroxylation is 1. The van der Waals surface area contributed by atoms with Crippen LogP contribution in [-0.4, -0.2) is 5.78 Å². The zero-order valence-electron chi connectivity index (χ0n) is 9.34. The van der Waals surface area contributed by atoms with Crippen LogP contribution >= 0.6 is 0 Å². The number of fused-ring (bicyclic) bond motifs is 1. The van der Waals surface area contributed by atoms with Gasteiger partial charge < -0.3 is 0 Å². The minimum Gasteiger partial charge on any atom is -0.294 e. The van der Waals surface area contributed by atoms with Gasteiger partial charge in [-0.15, -0.1) is 6.58 Å². The highest BCUT2D eigenvalue weighted by Gasteiger charge is 2.38. The molecule has 1 aromatic carbocycles. The summed E-state index contributed by atoms with van der Waals surface area (Å²) in [6.07, 6.45) is 3.40. The summed E-state index contributed by atoms with van der Waals surface area (Å²) in [6, 6.07) is 6.18. The Hall–Kier alpha value is -1.37. The molecule has 0 bridgehead atoms. The van der Waals surface area contributed by atoms with Crippen LogP contribution in [0, 0.1) is 6.92 Å². The Morgan fingerprint density at radius 1 is 1.53 bits per heavy atom. The Morgan fingerprint density at radius 3 is 2.93 bits per heavy atom. The number of hydrogen-bond acceptors (Lipinski definition) is 1. The van der Waals surface area contributed by atoms with Gasteiger partial charge in [0.2, 0.25) is 0 Å². The first kappa shape index (κ1) is 10.2. The van der Waals surface area contributed by atoms with Gasteiger partial charge in [0.05, 0.1) is 0 Å². The molecular formula is C14H16O. The highest BCUT2D eigenvalue weighted by molar-refractivity contribution is 6.02. The van der Waals surface area contributed by atoms with Gasteiger partial charge >= 0.3 is 0 Å². The summed E-state index contributed by atoms with van der Waals surface area (Å²) in [5.41, 5.74) is 3.24. The first-order valence-electron chi connectivity index (χ1n) is 5.32. The molecule has 0 aliphatic heterocycles. The minimum atomic E-state index is -0.0259. The van der Waals surface area contributed by atoms with Crippen LogP contribution in [-0.2, 0) is 5.41 Å². The quantitative estimate of drug-likeness (QED) is 0.668. The van der Waals surface area contributed by atoms with Crippen LogP contribution in [0.5, 0.6) is 0 Å². The summed E-state index contributed by atoms with van der Waals surface area (Å²) in [7, 11) is 0. The van der Waals surface area contributed by atoms with Crippen molar-refractivity contribution in [1.82, 2.24) is 0 Å². The van der Waals surface area contributed by atoms with Crippen LogP contribution in [0.25, 0.3) is 0 Å². The van der Waals surface area contributed by atoms with Crippen molar-refractivity contribution in [3.05, 3.63) is 47.5 Å². The van der Waals surface area contributed by atoms with E-state index in [-0.39, 0.29) is 11.2 Å². The van der Waals surface area contributed by atoms with Gasteiger partial charge in [-0.1, -0.05) is 30.7 Å². The van der Waals surface area contributed by atoms with Gasteiger partial charge in [-0.05, 0) is 25.0 Å². The maximum atomic E-state index is 11.9. The molecule has 15 heavy (non-hydrogen) atoms. The molecule has 1 aromatic rings. The third-order valence-corrected chi connectivity index (χ3v) is 3.27. The number of ketones is 1. The van der Waals surface area contributed by atoms with Crippen molar-refractivity contribution in [2.45, 2.75) is 32.1 Å². The highest BCUT2D eigenvalue weighted by atomic mass is 16.1. The second-order valence-corrected chi connectivity index (χ2v) is 4.70. The van der Waals surface area contributed by atoms with Gasteiger partial charge in [-0.3, -0.25) is 4.79 Å². The lowest BCUT2D eigenvalue weighted by Crippen LogP contribution is -2.17. The highest BCUT2D eigenvalue weighted by Crippen LogP contribution is 2.41. The molecule has 0 amide bonds. The lowest BCUT2D eigenvalue weighted by Gasteiger charge is -2.22. The summed E-state index contributed by atoms with van der Waals surface area (Å²) >= 11 is 0. The molecule has 0 radical (unpaired) electrons. The molecule has 1 heteroatoms. The van der Waals surface area contributed by atoms with E-state index in [0.29, 0.717) is 6.42 Å². The predicted molar refractivity (Wildman–Crippen MR) is 62.3 cm³/mol. The molecule has 1 aliphatic carbocycles. The Labute approximate surface area is 90.8 Å². The fourth-order valence-corrected chi connectivity index (χ4v) is 2.46. The largest absolute Gasteiger partial charge is 0.294 e. The molecular weight excluding hydrogens is 184 g/mol. The van der Waals surface area contributed by atoms with Crippen LogP contribution in [0.4, 0.5) is 0 Å². The summed E-state index contributed by atoms with van der Waals surface area (Å²) in [4.78, 5) is 11.9. The molecule has 0 N–H and O–H groups in total. The summed E-state index contributed by atoms with van der Waals surface area (Å²) in [6.45, 7) is 7.94. The van der Waals surface area contributed by atoms with E-state index in [1.807, 2.05) is 19.1 Å². The minimum absolute atomic E-state index is 0.0259. The number of hydrogen-bond donors (Lipinski definition) is 0. The average molecular weight is 200 g/mol. The molecule has 0 saturated carbocycles. The maximum Gasteiger partial charge on any atom is 0.164 e. The number of allylic oxidation sites excluding steroid dienone is 1. The molecule has 1 nitrogen and oxygen atoms in total. The molecule has 78 valence electrons. The molecule has 1 unspecified atom stereocenters. The van der Waals surface area contributed by atoms with Gasteiger partial charge in [0, 0.05) is 17.4 Å². The Balaban J connectivity index is 2.55. The monoisotopic (exact) mass is 200 g/mol. The number of carbonyl (C=O) groups is 1. The van der Waals surface area contributed by atoms with Crippen molar-refractivity contribution >= 4 is 5.78 Å². The van der Waals surface area contributed by atoms with Crippen LogP contribution in [0.3, 0.4) is 0 Å². The maximum absolute atomic E-state index is 11.9. The van der Waals surface area contributed by atoms with Gasteiger partial charge in [-0.25, -0.2) is 0 Å². The SMILES string of the molecule is C=CCC1(C)CC(=O)c2cc(C)ccc21. The van der Waals surface area contributed by atoms with E-state index in [9.17, 15) is 4.79 Å². The summed E-state index contributed by atoms with van der Waals surface area (Å²) in [5.74, 6) is 0.276. The Kier molecular flexibility index (Phi) is 2.26. The van der Waals surface area contributed by atoms with Crippen molar-refractivity contribution in [2.24, 2.45) is 0 Å². The van der Waals surface area contributed by atoms with Crippen molar-refractivity contribution in [3.63, 3.8) is 0 Å². The molecule has 0 saturated heterocycles. The fourth-order valence-electron chi connectivity index (χ4n) is 2.46. The third kappa shape index (κ3) is 1.52. The number of carbonyl (C=O) groups excluding carboxylic acids is 1. The normalized spacial score (nSPS) is 24.0. The Bertz CT molecular complexity index is 431. The van der Waals surface area contributed by atoms with E-state index in [1.165, 1.54) is 5.56 Å². The smallest absolute Gasteiger partial charge is 0.164 e. The van der Waals surface area contributed by atoms with Gasteiger partial charge in [0.25, 0.3) is 0 Å². The van der Waals surface area contributed by atoms with Crippen LogP contribution in [0.1, 0.15) is 41.3 Å². The molecule has 1 aliphatic rings. The van der Waals surface area contributed by atoms with E-state index in [1.54, 1.807) is 0 Å². The molecule has 0 fully saturated rings. The molecule has 0 heterocycles. The standard InChI is InChI=1S/C14H16O/c1-4-7-14(3)9-13(15)11-8-10(2)5-6-12(11)14/h4-6,8H,1,7,9H2,2-3H3. The van der Waals surface area contributed by atoms with Crippen LogP contribution in [0.2, 0.25) is 0 Å². The van der Waals surface area contributed by atoms with E-state index in [4.69, 9.17) is 0 Å². The fraction of sp³-hybridized carbons (Fsp3) is 0.357. The number of Topliss-reactive ketones (excluding diaryl/α,β-unsaturated/α-hetero) is 1. The first-order chi connectivity index (χ1) is 7.07.